The molecule has 2 heterocycles. The van der Waals surface area contributed by atoms with Crippen molar-refractivity contribution in [2.45, 2.75) is 77.0 Å². The van der Waals surface area contributed by atoms with Gasteiger partial charge >= 0.3 is 12.0 Å². The number of hydrogen-bond acceptors (Lipinski definition) is 5. The van der Waals surface area contributed by atoms with Gasteiger partial charge in [-0.25, -0.2) is 9.59 Å². The van der Waals surface area contributed by atoms with Crippen LogP contribution in [0, 0.1) is 5.92 Å². The zero-order chi connectivity index (χ0) is 26.8. The van der Waals surface area contributed by atoms with Crippen LogP contribution in [0.5, 0.6) is 0 Å². The highest BCUT2D eigenvalue weighted by atomic mass is 16.5. The number of piperidine rings is 1. The first kappa shape index (κ1) is 26.9. The molecule has 3 amide bonds. The highest BCUT2D eigenvalue weighted by Gasteiger charge is 2.66. The number of esters is 1. The lowest BCUT2D eigenvalue weighted by molar-refractivity contribution is -0.156. The van der Waals surface area contributed by atoms with Crippen LogP contribution in [0.4, 0.5) is 4.79 Å². The molecule has 2 aromatic rings. The van der Waals surface area contributed by atoms with Gasteiger partial charge in [-0.3, -0.25) is 14.6 Å². The first-order chi connectivity index (χ1) is 17.6. The fourth-order valence-corrected chi connectivity index (χ4v) is 6.42. The number of nitrogens with zero attached hydrogens (tertiary/aromatic N) is 2. The smallest absolute Gasteiger partial charge is 0.338 e. The molecule has 1 spiro atoms. The minimum absolute atomic E-state index is 0.150. The van der Waals surface area contributed by atoms with Crippen LogP contribution in [0.1, 0.15) is 69.8 Å². The first-order valence-electron chi connectivity index (χ1n) is 13.3. The van der Waals surface area contributed by atoms with Crippen molar-refractivity contribution in [3.05, 3.63) is 71.8 Å². The normalized spacial score (nSPS) is 30.0. The number of nitrogens with one attached hydrogen (secondary N) is 1. The van der Waals surface area contributed by atoms with E-state index < -0.39 is 11.1 Å². The fourth-order valence-electron chi connectivity index (χ4n) is 6.42. The second-order valence-electron chi connectivity index (χ2n) is 10.9. The molecular weight excluding hydrogens is 466 g/mol. The number of amides is 3. The summed E-state index contributed by atoms with van der Waals surface area (Å²) in [6.45, 7) is 11.7. The largest absolute Gasteiger partial charge is 0.461 e. The highest BCUT2D eigenvalue weighted by Crippen LogP contribution is 2.52. The number of benzene rings is 2. The molecule has 2 aliphatic heterocycles. The minimum atomic E-state index is -0.988. The van der Waals surface area contributed by atoms with E-state index in [9.17, 15) is 14.4 Å². The Kier molecular flexibility index (Phi) is 7.47. The Morgan fingerprint density at radius 1 is 1.00 bits per heavy atom. The summed E-state index contributed by atoms with van der Waals surface area (Å²) in [6.07, 6.45) is 2.06. The van der Waals surface area contributed by atoms with Gasteiger partial charge in [-0.05, 0) is 50.8 Å². The lowest BCUT2D eigenvalue weighted by Crippen LogP contribution is -2.75. The highest BCUT2D eigenvalue weighted by molar-refractivity contribution is 6.07. The van der Waals surface area contributed by atoms with Crippen molar-refractivity contribution < 1.29 is 19.1 Å². The SMILES string of the molecule is CCC1(C)CC2(NC(=O)N(Cc3ccccc3)C2=O)C(C)C(C)(CC)N1CCOC(=O)c1ccccc1. The molecule has 7 nitrogen and oxygen atoms in total. The molecule has 0 saturated carbocycles. The van der Waals surface area contributed by atoms with Crippen molar-refractivity contribution in [3.8, 4) is 0 Å². The van der Waals surface area contributed by atoms with Crippen LogP contribution in [0.15, 0.2) is 60.7 Å². The van der Waals surface area contributed by atoms with E-state index in [2.05, 4.69) is 44.8 Å². The van der Waals surface area contributed by atoms with Crippen LogP contribution >= 0.6 is 0 Å². The van der Waals surface area contributed by atoms with Crippen molar-refractivity contribution in [3.63, 3.8) is 0 Å². The molecule has 1 N–H and O–H groups in total. The first-order valence-corrected chi connectivity index (χ1v) is 13.3. The van der Waals surface area contributed by atoms with Crippen molar-refractivity contribution in [2.24, 2.45) is 5.92 Å². The molecule has 0 bridgehead atoms. The Hall–Kier alpha value is -3.19. The average molecular weight is 506 g/mol. The molecular formula is C30H39N3O4. The molecule has 2 saturated heterocycles. The monoisotopic (exact) mass is 505 g/mol. The van der Waals surface area contributed by atoms with Crippen LogP contribution in [-0.4, -0.2) is 57.5 Å². The molecule has 0 aliphatic carbocycles. The Morgan fingerprint density at radius 2 is 1.62 bits per heavy atom. The molecule has 2 aliphatic rings. The van der Waals surface area contributed by atoms with Gasteiger partial charge in [-0.2, -0.15) is 0 Å². The van der Waals surface area contributed by atoms with Gasteiger partial charge in [0.25, 0.3) is 5.91 Å². The number of ether oxygens (including phenoxy) is 1. The summed E-state index contributed by atoms with van der Waals surface area (Å²) in [7, 11) is 0. The average Bonchev–Trinajstić information content (AvgIpc) is 3.14. The van der Waals surface area contributed by atoms with Crippen LogP contribution in [0.2, 0.25) is 0 Å². The summed E-state index contributed by atoms with van der Waals surface area (Å²) in [5.41, 5.74) is -0.332. The Balaban J connectivity index is 1.58. The maximum absolute atomic E-state index is 14.0. The zero-order valence-electron chi connectivity index (χ0n) is 22.6. The van der Waals surface area contributed by atoms with Crippen molar-refractivity contribution in [2.75, 3.05) is 13.2 Å². The summed E-state index contributed by atoms with van der Waals surface area (Å²) >= 11 is 0. The van der Waals surface area contributed by atoms with E-state index in [0.29, 0.717) is 18.5 Å². The van der Waals surface area contributed by atoms with E-state index >= 15 is 0 Å². The summed E-state index contributed by atoms with van der Waals surface area (Å²) in [5, 5.41) is 3.16. The Morgan fingerprint density at radius 3 is 2.22 bits per heavy atom. The van der Waals surface area contributed by atoms with Crippen molar-refractivity contribution >= 4 is 17.9 Å². The zero-order valence-corrected chi connectivity index (χ0v) is 22.6. The molecule has 37 heavy (non-hydrogen) atoms. The lowest BCUT2D eigenvalue weighted by Gasteiger charge is -2.63. The molecule has 4 unspecified atom stereocenters. The number of urea groups is 1. The predicted molar refractivity (Wildman–Crippen MR) is 143 cm³/mol. The van der Waals surface area contributed by atoms with Crippen molar-refractivity contribution in [1.82, 2.24) is 15.1 Å². The van der Waals surface area contributed by atoms with Crippen LogP contribution in [0.25, 0.3) is 0 Å². The standard InChI is InChI=1S/C30H39N3O4/c1-6-28(4)21-30(26(35)32(27(36)31-30)20-23-14-10-8-11-15-23)22(3)29(5,7-2)33(28)18-19-37-25(34)24-16-12-9-13-17-24/h8-17,22H,6-7,18-21H2,1-5H3,(H,31,36). The van der Waals surface area contributed by atoms with Crippen LogP contribution < -0.4 is 5.32 Å². The number of carbonyl (C=O) groups is 3. The third kappa shape index (κ3) is 4.65. The molecule has 198 valence electrons. The second kappa shape index (κ2) is 10.3. The summed E-state index contributed by atoms with van der Waals surface area (Å²) in [5.74, 6) is -0.650. The quantitative estimate of drug-likeness (QED) is 0.403. The van der Waals surface area contributed by atoms with E-state index in [-0.39, 0.29) is 42.5 Å². The van der Waals surface area contributed by atoms with E-state index in [1.165, 1.54) is 4.90 Å². The Labute approximate surface area is 220 Å². The number of imide groups is 1. The van der Waals surface area contributed by atoms with Crippen molar-refractivity contribution in [1.29, 1.82) is 0 Å². The molecule has 0 radical (unpaired) electrons. The molecule has 0 aromatic heterocycles. The number of rotatable bonds is 8. The number of carbonyl (C=O) groups excluding carboxylic acids is 3. The van der Waals surface area contributed by atoms with E-state index in [1.54, 1.807) is 12.1 Å². The third-order valence-electron chi connectivity index (χ3n) is 9.02. The van der Waals surface area contributed by atoms with Crippen LogP contribution in [-0.2, 0) is 16.1 Å². The van der Waals surface area contributed by atoms with Gasteiger partial charge in [0.2, 0.25) is 0 Å². The summed E-state index contributed by atoms with van der Waals surface area (Å²) in [4.78, 5) is 43.6. The van der Waals surface area contributed by atoms with E-state index in [4.69, 9.17) is 4.74 Å². The van der Waals surface area contributed by atoms with E-state index in [0.717, 1.165) is 18.4 Å². The molecule has 2 fully saturated rings. The molecule has 4 atom stereocenters. The Bertz CT molecular complexity index is 1140. The summed E-state index contributed by atoms with van der Waals surface area (Å²) < 4.78 is 5.65. The van der Waals surface area contributed by atoms with E-state index in [1.807, 2.05) is 48.5 Å². The number of likely N-dealkylation sites (tertiary alicyclic amines) is 1. The van der Waals surface area contributed by atoms with Gasteiger partial charge < -0.3 is 10.1 Å². The molecule has 7 heteroatoms. The third-order valence-corrected chi connectivity index (χ3v) is 9.02. The molecule has 2 aromatic carbocycles. The van der Waals surface area contributed by atoms with Gasteiger partial charge in [0.05, 0.1) is 12.1 Å². The molecule has 4 rings (SSSR count). The maximum Gasteiger partial charge on any atom is 0.338 e. The fraction of sp³-hybridized carbons (Fsp3) is 0.500. The second-order valence-corrected chi connectivity index (χ2v) is 10.9. The van der Waals surface area contributed by atoms with Gasteiger partial charge in [-0.1, -0.05) is 69.3 Å². The van der Waals surface area contributed by atoms with Gasteiger partial charge in [-0.15, -0.1) is 0 Å². The van der Waals surface area contributed by atoms with Gasteiger partial charge in [0.1, 0.15) is 12.1 Å². The van der Waals surface area contributed by atoms with Gasteiger partial charge in [0.15, 0.2) is 0 Å². The topological polar surface area (TPSA) is 79.0 Å². The number of hydrogen-bond donors (Lipinski definition) is 1. The lowest BCUT2D eigenvalue weighted by atomic mass is 9.60. The predicted octanol–water partition coefficient (Wildman–Crippen LogP) is 5.01. The minimum Gasteiger partial charge on any atom is -0.461 e. The maximum atomic E-state index is 14.0. The van der Waals surface area contributed by atoms with Gasteiger partial charge in [0, 0.05) is 23.5 Å². The summed E-state index contributed by atoms with van der Waals surface area (Å²) in [6, 6.07) is 18.3. The van der Waals surface area contributed by atoms with Crippen LogP contribution in [0.3, 0.4) is 0 Å².